The average molecular weight is 693 g/mol. The van der Waals surface area contributed by atoms with Crippen molar-refractivity contribution in [3.63, 3.8) is 0 Å². The number of halogens is 4. The van der Waals surface area contributed by atoms with Crippen LogP contribution >= 0.6 is 46.4 Å². The number of carbonyl (C=O) groups excluding carboxylic acids is 6. The number of ether oxygens (including phenoxy) is 2. The quantitative estimate of drug-likeness (QED) is 0.103. The van der Waals surface area contributed by atoms with E-state index >= 15 is 0 Å². The van der Waals surface area contributed by atoms with Gasteiger partial charge >= 0.3 is 18.1 Å². The second kappa shape index (κ2) is 14.6. The minimum absolute atomic E-state index is 0.0426. The van der Waals surface area contributed by atoms with Gasteiger partial charge in [-0.2, -0.15) is 9.59 Å². The van der Waals surface area contributed by atoms with Gasteiger partial charge in [-0.25, -0.2) is 9.69 Å². The van der Waals surface area contributed by atoms with Crippen LogP contribution in [0.3, 0.4) is 0 Å². The Kier molecular flexibility index (Phi) is 11.1. The summed E-state index contributed by atoms with van der Waals surface area (Å²) in [6.07, 6.45) is 2.06. The number of carbonyl (C=O) groups is 4. The van der Waals surface area contributed by atoms with Crippen LogP contribution in [0.25, 0.3) is 0 Å². The molecule has 1 aliphatic heterocycles. The summed E-state index contributed by atoms with van der Waals surface area (Å²) in [5.74, 6) is -1.74. The Morgan fingerprint density at radius 3 is 1.84 bits per heavy atom. The van der Waals surface area contributed by atoms with Crippen LogP contribution in [0.2, 0.25) is 20.1 Å². The van der Waals surface area contributed by atoms with Gasteiger partial charge < -0.3 is 9.47 Å². The van der Waals surface area contributed by atoms with E-state index in [1.54, 1.807) is 0 Å². The third-order valence-electron chi connectivity index (χ3n) is 7.81. The SMILES string of the molecule is CCOC(=O)[C@H]1C[C@H](CC)C1c1ccc(COC(=O)c2ccc(N3C(=O)c4c(Cl)c(Cl)c(Cl)c(Cl)c4C3=O)cc2)cc1.O=C=O. The van der Waals surface area contributed by atoms with E-state index in [-0.39, 0.29) is 73.0 Å². The molecule has 3 aromatic carbocycles. The fourth-order valence-corrected chi connectivity index (χ4v) is 6.58. The van der Waals surface area contributed by atoms with Crippen LogP contribution < -0.4 is 4.90 Å². The summed E-state index contributed by atoms with van der Waals surface area (Å²) in [5.41, 5.74) is 2.03. The highest BCUT2D eigenvalue weighted by Gasteiger charge is 2.46. The Hall–Kier alpha value is -3.72. The summed E-state index contributed by atoms with van der Waals surface area (Å²) in [6.45, 7) is 4.34. The summed E-state index contributed by atoms with van der Waals surface area (Å²) in [5, 5.41) is -0.558. The molecule has 0 radical (unpaired) electrons. The molecule has 1 aliphatic carbocycles. The predicted molar refractivity (Wildman–Crippen MR) is 166 cm³/mol. The maximum atomic E-state index is 13.1. The maximum absolute atomic E-state index is 13.1. The number of hydrogen-bond donors (Lipinski definition) is 0. The number of benzene rings is 3. The van der Waals surface area contributed by atoms with E-state index in [2.05, 4.69) is 6.92 Å². The van der Waals surface area contributed by atoms with E-state index in [9.17, 15) is 19.2 Å². The first-order valence-corrected chi connectivity index (χ1v) is 15.3. The van der Waals surface area contributed by atoms with Crippen molar-refractivity contribution in [2.75, 3.05) is 11.5 Å². The molecule has 3 atom stereocenters. The summed E-state index contributed by atoms with van der Waals surface area (Å²) in [6, 6.07) is 13.5. The number of hydrogen-bond acceptors (Lipinski definition) is 8. The molecule has 234 valence electrons. The predicted octanol–water partition coefficient (Wildman–Crippen LogP) is 7.57. The van der Waals surface area contributed by atoms with Crippen molar-refractivity contribution in [2.24, 2.45) is 11.8 Å². The lowest BCUT2D eigenvalue weighted by Crippen LogP contribution is -2.40. The first-order chi connectivity index (χ1) is 21.5. The standard InChI is InChI=1S/C31H25Cl4NO6.CO2/c1-3-16-13-20(31(40)41-4-2)21(16)17-7-5-15(6-8-17)14-42-30(39)18-9-11-19(12-10-18)36-28(37)22-23(29(36)38)25(33)27(35)26(34)24(22)32;2-1-3/h5-12,16,20-21H,3-4,13-14H2,1-2H3;/t16-,20-,21?;/m0./s1. The summed E-state index contributed by atoms with van der Waals surface area (Å²) in [4.78, 5) is 68.4. The number of anilines is 1. The van der Waals surface area contributed by atoms with Crippen LogP contribution in [0.15, 0.2) is 48.5 Å². The number of imide groups is 1. The summed E-state index contributed by atoms with van der Waals surface area (Å²) < 4.78 is 10.7. The molecule has 5 rings (SSSR count). The topological polar surface area (TPSA) is 124 Å². The zero-order chi connectivity index (χ0) is 33.0. The molecule has 3 aromatic rings. The Labute approximate surface area is 278 Å². The van der Waals surface area contributed by atoms with Crippen molar-refractivity contribution in [1.29, 1.82) is 0 Å². The van der Waals surface area contributed by atoms with Crippen LogP contribution in [-0.4, -0.2) is 36.5 Å². The normalized spacial score (nSPS) is 18.3. The lowest BCUT2D eigenvalue weighted by molar-refractivity contribution is -0.191. The lowest BCUT2D eigenvalue weighted by atomic mass is 9.61. The van der Waals surface area contributed by atoms with Gasteiger partial charge in [0.2, 0.25) is 0 Å². The molecule has 1 heterocycles. The smallest absolute Gasteiger partial charge is 0.373 e. The molecular formula is C32H25Cl4NO8. The van der Waals surface area contributed by atoms with Gasteiger partial charge in [-0.05, 0) is 54.7 Å². The van der Waals surface area contributed by atoms with E-state index in [1.807, 2.05) is 31.2 Å². The Morgan fingerprint density at radius 2 is 1.36 bits per heavy atom. The molecule has 0 spiro atoms. The number of rotatable bonds is 8. The van der Waals surface area contributed by atoms with Gasteiger partial charge in [-0.1, -0.05) is 84.0 Å². The number of esters is 2. The molecule has 0 aromatic heterocycles. The van der Waals surface area contributed by atoms with Gasteiger partial charge in [0.25, 0.3) is 11.8 Å². The van der Waals surface area contributed by atoms with E-state index < -0.39 is 17.8 Å². The van der Waals surface area contributed by atoms with Crippen LogP contribution in [0.1, 0.15) is 74.8 Å². The fraction of sp³-hybridized carbons (Fsp3) is 0.281. The van der Waals surface area contributed by atoms with Crippen molar-refractivity contribution in [3.8, 4) is 0 Å². The van der Waals surface area contributed by atoms with Crippen molar-refractivity contribution < 1.29 is 38.2 Å². The lowest BCUT2D eigenvalue weighted by Gasteiger charge is -2.43. The number of amides is 2. The van der Waals surface area contributed by atoms with E-state index in [1.165, 1.54) is 24.3 Å². The van der Waals surface area contributed by atoms with Crippen LogP contribution in [0.4, 0.5) is 5.69 Å². The highest BCUT2D eigenvalue weighted by Crippen LogP contribution is 2.50. The highest BCUT2D eigenvalue weighted by molar-refractivity contribution is 6.56. The Balaban J connectivity index is 0.00000148. The number of nitrogens with zero attached hydrogens (tertiary/aromatic N) is 1. The molecule has 2 amide bonds. The fourth-order valence-electron chi connectivity index (χ4n) is 5.57. The number of fused-ring (bicyclic) bond motifs is 1. The van der Waals surface area contributed by atoms with Crippen molar-refractivity contribution in [2.45, 2.75) is 39.2 Å². The molecule has 1 saturated carbocycles. The van der Waals surface area contributed by atoms with Crippen molar-refractivity contribution in [1.82, 2.24) is 0 Å². The minimum atomic E-state index is -0.708. The van der Waals surface area contributed by atoms with Crippen LogP contribution in [-0.2, 0) is 30.5 Å². The molecule has 0 N–H and O–H groups in total. The molecule has 0 saturated heterocycles. The Morgan fingerprint density at radius 1 is 0.822 bits per heavy atom. The largest absolute Gasteiger partial charge is 0.466 e. The van der Waals surface area contributed by atoms with Crippen LogP contribution in [0, 0.1) is 11.8 Å². The second-order valence-electron chi connectivity index (χ2n) is 10.2. The van der Waals surface area contributed by atoms with Gasteiger partial charge in [-0.15, -0.1) is 0 Å². The van der Waals surface area contributed by atoms with Gasteiger partial charge in [-0.3, -0.25) is 14.4 Å². The molecule has 2 aliphatic rings. The molecule has 9 nitrogen and oxygen atoms in total. The Bertz CT molecular complexity index is 1640. The molecule has 13 heteroatoms. The monoisotopic (exact) mass is 691 g/mol. The first-order valence-electron chi connectivity index (χ1n) is 13.8. The summed E-state index contributed by atoms with van der Waals surface area (Å²) in [7, 11) is 0. The van der Waals surface area contributed by atoms with Crippen LogP contribution in [0.5, 0.6) is 0 Å². The zero-order valence-corrected chi connectivity index (χ0v) is 26.9. The third-order valence-corrected chi connectivity index (χ3v) is 9.61. The zero-order valence-electron chi connectivity index (χ0n) is 23.9. The second-order valence-corrected chi connectivity index (χ2v) is 11.7. The highest BCUT2D eigenvalue weighted by atomic mass is 35.5. The molecule has 1 unspecified atom stereocenters. The van der Waals surface area contributed by atoms with Crippen molar-refractivity contribution in [3.05, 3.63) is 96.4 Å². The van der Waals surface area contributed by atoms with Gasteiger partial charge in [0.1, 0.15) is 6.61 Å². The molecule has 1 fully saturated rings. The first kappa shape index (κ1) is 34.2. The molecule has 0 bridgehead atoms. The van der Waals surface area contributed by atoms with Crippen molar-refractivity contribution >= 4 is 82.0 Å². The molecule has 45 heavy (non-hydrogen) atoms. The van der Waals surface area contributed by atoms with Gasteiger partial charge in [0, 0.05) is 5.92 Å². The van der Waals surface area contributed by atoms with E-state index in [0.717, 1.165) is 28.9 Å². The van der Waals surface area contributed by atoms with Gasteiger partial charge in [0.15, 0.2) is 0 Å². The average Bonchev–Trinajstić information content (AvgIpc) is 3.28. The maximum Gasteiger partial charge on any atom is 0.373 e. The van der Waals surface area contributed by atoms with Gasteiger partial charge in [0.05, 0.1) is 55.0 Å². The molecular weight excluding hydrogens is 668 g/mol. The van der Waals surface area contributed by atoms with E-state index in [0.29, 0.717) is 12.5 Å². The summed E-state index contributed by atoms with van der Waals surface area (Å²) >= 11 is 24.6. The third kappa shape index (κ3) is 6.64. The van der Waals surface area contributed by atoms with E-state index in [4.69, 9.17) is 65.5 Å². The minimum Gasteiger partial charge on any atom is -0.466 e.